The third-order valence-corrected chi connectivity index (χ3v) is 15.9. The van der Waals surface area contributed by atoms with Gasteiger partial charge in [-0.05, 0) is 321 Å². The third kappa shape index (κ3) is 26.5. The molecule has 0 bridgehead atoms. The summed E-state index contributed by atoms with van der Waals surface area (Å²) in [7, 11) is 0. The van der Waals surface area contributed by atoms with Crippen molar-refractivity contribution in [2.45, 2.75) is 207 Å². The Labute approximate surface area is 528 Å². The van der Waals surface area contributed by atoms with Crippen molar-refractivity contribution in [3.05, 3.63) is 303 Å². The van der Waals surface area contributed by atoms with E-state index in [2.05, 4.69) is 364 Å². The van der Waals surface area contributed by atoms with Gasteiger partial charge in [0.05, 0.1) is 0 Å². The van der Waals surface area contributed by atoms with Gasteiger partial charge in [0.1, 0.15) is 0 Å². The summed E-state index contributed by atoms with van der Waals surface area (Å²) in [5.74, 6) is 0. The quantitative estimate of drug-likeness (QED) is 0.142. The van der Waals surface area contributed by atoms with Crippen molar-refractivity contribution in [1.29, 1.82) is 0 Å². The van der Waals surface area contributed by atoms with E-state index in [0.717, 1.165) is 0 Å². The molecule has 0 amide bonds. The highest BCUT2D eigenvalue weighted by molar-refractivity contribution is 5.94. The number of benzene rings is 10. The van der Waals surface area contributed by atoms with Crippen LogP contribution in [0.25, 0.3) is 21.5 Å². The Hall–Kier alpha value is -7.28. The zero-order chi connectivity index (χ0) is 65.4. The molecule has 0 heterocycles. The fraction of sp³-hybridized carbons (Fsp3) is 0.349. The molecule has 0 spiro atoms. The molecule has 0 aliphatic carbocycles. The molecule has 0 saturated carbocycles. The van der Waals surface area contributed by atoms with E-state index in [9.17, 15) is 0 Å². The first-order valence-corrected chi connectivity index (χ1v) is 31.6. The molecular formula is C86H116. The standard InChI is InChI=1S/2C14H16.2C10H14.4C8H10.2C3H8/c2*1-9-5-6-11(3)14-12(4)8-7-10(2)13(9)14;2*1-7-5-9(3)10(4)6-8(7)2;4*1-7-5-3-4-6-8(7)2;2*1-3-2/h2*5-8H,1-4H3;2*5-6H,1-4H3;4*3-6H,1-2H3;2*3H2,1-2H3. The Morgan fingerprint density at radius 2 is 0.233 bits per heavy atom. The summed E-state index contributed by atoms with van der Waals surface area (Å²) in [6, 6.07) is 60.1. The minimum absolute atomic E-state index is 1.25. The number of rotatable bonds is 0. The van der Waals surface area contributed by atoms with Crippen molar-refractivity contribution in [3.8, 4) is 0 Å². The topological polar surface area (TPSA) is 0 Å². The molecule has 0 heteroatoms. The Morgan fingerprint density at radius 3 is 0.314 bits per heavy atom. The van der Waals surface area contributed by atoms with E-state index in [-0.39, 0.29) is 0 Å². The van der Waals surface area contributed by atoms with Crippen LogP contribution in [0.15, 0.2) is 170 Å². The lowest BCUT2D eigenvalue weighted by molar-refractivity contribution is 1.09. The van der Waals surface area contributed by atoms with Gasteiger partial charge in [-0.15, -0.1) is 0 Å². The van der Waals surface area contributed by atoms with Gasteiger partial charge in [0, 0.05) is 0 Å². The molecular weight excluding hydrogens is 1030 g/mol. The number of hydrogen-bond donors (Lipinski definition) is 0. The molecule has 460 valence electrons. The third-order valence-electron chi connectivity index (χ3n) is 15.9. The van der Waals surface area contributed by atoms with E-state index in [1.165, 1.54) is 168 Å². The average Bonchev–Trinajstić information content (AvgIpc) is 1.28. The van der Waals surface area contributed by atoms with Gasteiger partial charge in [0.25, 0.3) is 0 Å². The van der Waals surface area contributed by atoms with Gasteiger partial charge < -0.3 is 0 Å². The fourth-order valence-electron chi connectivity index (χ4n) is 9.35. The maximum Gasteiger partial charge on any atom is -0.0120 e. The summed E-state index contributed by atoms with van der Waals surface area (Å²) in [5, 5.41) is 5.74. The van der Waals surface area contributed by atoms with Crippen LogP contribution in [0.5, 0.6) is 0 Å². The van der Waals surface area contributed by atoms with Crippen LogP contribution in [-0.2, 0) is 0 Å². The molecule has 0 unspecified atom stereocenters. The van der Waals surface area contributed by atoms with Crippen LogP contribution >= 0.6 is 0 Å². The second-order valence-corrected chi connectivity index (χ2v) is 24.1. The van der Waals surface area contributed by atoms with Crippen molar-refractivity contribution in [2.75, 3.05) is 0 Å². The maximum atomic E-state index is 2.24. The number of aryl methyl sites for hydroxylation is 24. The number of fused-ring (bicyclic) bond motifs is 2. The van der Waals surface area contributed by atoms with Crippen LogP contribution in [0, 0.1) is 166 Å². The average molecular weight is 1150 g/mol. The van der Waals surface area contributed by atoms with Crippen molar-refractivity contribution in [1.82, 2.24) is 0 Å². The molecule has 0 aromatic heterocycles. The largest absolute Gasteiger partial charge is 0.0656 e. The smallest absolute Gasteiger partial charge is 0.0120 e. The van der Waals surface area contributed by atoms with Crippen LogP contribution < -0.4 is 0 Å². The lowest BCUT2D eigenvalue weighted by atomic mass is 9.94. The van der Waals surface area contributed by atoms with Gasteiger partial charge in [-0.1, -0.05) is 210 Å². The van der Waals surface area contributed by atoms with Gasteiger partial charge in [-0.25, -0.2) is 0 Å². The van der Waals surface area contributed by atoms with Crippen LogP contribution in [0.2, 0.25) is 0 Å². The molecule has 0 fully saturated rings. The summed E-state index contributed by atoms with van der Waals surface area (Å²) in [5.41, 5.74) is 33.1. The van der Waals surface area contributed by atoms with Crippen LogP contribution in [0.3, 0.4) is 0 Å². The number of hydrogen-bond acceptors (Lipinski definition) is 0. The molecule has 0 nitrogen and oxygen atoms in total. The van der Waals surface area contributed by atoms with Gasteiger partial charge in [0.15, 0.2) is 0 Å². The summed E-state index contributed by atoms with van der Waals surface area (Å²) in [4.78, 5) is 0. The first-order chi connectivity index (χ1) is 40.5. The van der Waals surface area contributed by atoms with E-state index < -0.39 is 0 Å². The molecule has 10 aromatic rings. The highest BCUT2D eigenvalue weighted by Crippen LogP contribution is 2.29. The van der Waals surface area contributed by atoms with Crippen molar-refractivity contribution in [3.63, 3.8) is 0 Å². The second-order valence-electron chi connectivity index (χ2n) is 24.1. The van der Waals surface area contributed by atoms with Gasteiger partial charge in [-0.2, -0.15) is 0 Å². The molecule has 0 N–H and O–H groups in total. The highest BCUT2D eigenvalue weighted by atomic mass is 14.1. The predicted molar refractivity (Wildman–Crippen MR) is 392 cm³/mol. The first-order valence-electron chi connectivity index (χ1n) is 31.6. The van der Waals surface area contributed by atoms with Crippen LogP contribution in [0.1, 0.15) is 174 Å². The first kappa shape index (κ1) is 76.7. The van der Waals surface area contributed by atoms with Crippen molar-refractivity contribution >= 4 is 21.5 Å². The summed E-state index contributed by atoms with van der Waals surface area (Å²) in [6.45, 7) is 60.2. The van der Waals surface area contributed by atoms with Gasteiger partial charge in [-0.3, -0.25) is 0 Å². The summed E-state index contributed by atoms with van der Waals surface area (Å²) in [6.07, 6.45) is 2.50. The SMILES string of the molecule is CCC.CCC.Cc1cc(C)c(C)cc1C.Cc1cc(C)c(C)cc1C.Cc1ccc(C)c2c(C)ccc(C)c12.Cc1ccc(C)c2c(C)ccc(C)c12.Cc1ccccc1C.Cc1ccccc1C.Cc1ccccc1C.Cc1ccccc1C. The fourth-order valence-corrected chi connectivity index (χ4v) is 9.35. The molecule has 0 atom stereocenters. The van der Waals surface area contributed by atoms with E-state index in [4.69, 9.17) is 0 Å². The molecule has 10 rings (SSSR count). The molecule has 0 radical (unpaired) electrons. The van der Waals surface area contributed by atoms with E-state index in [0.29, 0.717) is 0 Å². The maximum absolute atomic E-state index is 2.24. The Morgan fingerprint density at radius 1 is 0.140 bits per heavy atom. The van der Waals surface area contributed by atoms with Crippen LogP contribution in [-0.4, -0.2) is 0 Å². The molecule has 10 aromatic carbocycles. The minimum Gasteiger partial charge on any atom is -0.0656 e. The Balaban J connectivity index is 0.000000489. The molecule has 0 saturated heterocycles. The Kier molecular flexibility index (Phi) is 35.8. The monoisotopic (exact) mass is 1150 g/mol. The van der Waals surface area contributed by atoms with Crippen LogP contribution in [0.4, 0.5) is 0 Å². The molecule has 0 aliphatic rings. The van der Waals surface area contributed by atoms with Gasteiger partial charge in [0.2, 0.25) is 0 Å². The zero-order valence-electron chi connectivity index (χ0n) is 59.6. The zero-order valence-corrected chi connectivity index (χ0v) is 59.6. The van der Waals surface area contributed by atoms with E-state index in [1.54, 1.807) is 0 Å². The normalized spacial score (nSPS) is 9.72. The molecule has 86 heavy (non-hydrogen) atoms. The Bertz CT molecular complexity index is 2920. The van der Waals surface area contributed by atoms with Crippen molar-refractivity contribution < 1.29 is 0 Å². The summed E-state index contributed by atoms with van der Waals surface area (Å²) >= 11 is 0. The lowest BCUT2D eigenvalue weighted by Crippen LogP contribution is -1.89. The van der Waals surface area contributed by atoms with Gasteiger partial charge >= 0.3 is 0 Å². The second kappa shape index (κ2) is 40.2. The van der Waals surface area contributed by atoms with E-state index >= 15 is 0 Å². The predicted octanol–water partition coefficient (Wildman–Crippen LogP) is 26.0. The lowest BCUT2D eigenvalue weighted by Gasteiger charge is -2.11. The van der Waals surface area contributed by atoms with Crippen molar-refractivity contribution in [2.24, 2.45) is 0 Å². The highest BCUT2D eigenvalue weighted by Gasteiger charge is 2.07. The summed E-state index contributed by atoms with van der Waals surface area (Å²) < 4.78 is 0. The minimum atomic E-state index is 1.25. The van der Waals surface area contributed by atoms with E-state index in [1.807, 2.05) is 0 Å². The molecule has 0 aliphatic heterocycles.